The molecule has 0 fully saturated rings. The maximum atomic E-state index is 5.66. The van der Waals surface area contributed by atoms with Crippen molar-refractivity contribution in [2.75, 3.05) is 0 Å². The summed E-state index contributed by atoms with van der Waals surface area (Å²) in [5.41, 5.74) is 2.23. The van der Waals surface area contributed by atoms with E-state index in [1.54, 1.807) is 18.0 Å². The zero-order valence-electron chi connectivity index (χ0n) is 9.59. The lowest BCUT2D eigenvalue weighted by atomic mass is 10.2. The van der Waals surface area contributed by atoms with Crippen molar-refractivity contribution in [1.82, 2.24) is 0 Å². The second kappa shape index (κ2) is 3.79. The minimum absolute atomic E-state index is 0.971. The molecule has 1 aliphatic heterocycles. The third-order valence-electron chi connectivity index (χ3n) is 3.29. The van der Waals surface area contributed by atoms with Crippen LogP contribution in [0.3, 0.4) is 0 Å². The second-order valence-corrected chi connectivity index (χ2v) is 5.10. The fraction of sp³-hybridized carbons (Fsp3) is 0. The Balaban J connectivity index is 2.32. The molecule has 1 nitrogen and oxygen atoms in total. The van der Waals surface area contributed by atoms with Gasteiger partial charge in [0.1, 0.15) is 5.58 Å². The molecule has 0 unspecified atom stereocenters. The standard InChI is InChI=1S/C16H10OS/c1-3-11-6-8-18-10-15(11)14-9-12-4-2-7-17-16(12)13(14)5-1/h1-10H. The van der Waals surface area contributed by atoms with Crippen LogP contribution in [-0.4, -0.2) is 0 Å². The first-order valence-corrected chi connectivity index (χ1v) is 6.79. The summed E-state index contributed by atoms with van der Waals surface area (Å²) in [6.45, 7) is 0. The Morgan fingerprint density at radius 2 is 2.00 bits per heavy atom. The first-order chi connectivity index (χ1) is 8.93. The van der Waals surface area contributed by atoms with Crippen molar-refractivity contribution in [1.29, 1.82) is 0 Å². The van der Waals surface area contributed by atoms with Crippen molar-refractivity contribution >= 4 is 45.0 Å². The molecule has 0 spiro atoms. The van der Waals surface area contributed by atoms with Crippen LogP contribution in [0.1, 0.15) is 5.56 Å². The monoisotopic (exact) mass is 250 g/mol. The lowest BCUT2D eigenvalue weighted by Gasteiger charge is -1.97. The number of fused-ring (bicyclic) bond motifs is 5. The van der Waals surface area contributed by atoms with Gasteiger partial charge in [-0.05, 0) is 51.3 Å². The van der Waals surface area contributed by atoms with E-state index in [1.807, 2.05) is 6.07 Å². The highest BCUT2D eigenvalue weighted by molar-refractivity contribution is 8.09. The molecule has 0 atom stereocenters. The minimum Gasteiger partial charge on any atom is -0.464 e. The molecule has 2 heterocycles. The quantitative estimate of drug-likeness (QED) is 0.589. The highest BCUT2D eigenvalue weighted by Crippen LogP contribution is 2.27. The first kappa shape index (κ1) is 10.0. The molecule has 0 radical (unpaired) electrons. The summed E-state index contributed by atoms with van der Waals surface area (Å²) in [7, 11) is 0. The van der Waals surface area contributed by atoms with Crippen LogP contribution in [0.25, 0.3) is 33.2 Å². The predicted molar refractivity (Wildman–Crippen MR) is 78.8 cm³/mol. The highest BCUT2D eigenvalue weighted by Gasteiger charge is 2.07. The van der Waals surface area contributed by atoms with Crippen LogP contribution < -0.4 is 5.22 Å². The summed E-state index contributed by atoms with van der Waals surface area (Å²) < 4.78 is 5.66. The van der Waals surface area contributed by atoms with Crippen LogP contribution in [0.2, 0.25) is 0 Å². The Bertz CT molecular complexity index is 856. The molecule has 2 aromatic carbocycles. The van der Waals surface area contributed by atoms with Gasteiger partial charge in [-0.3, -0.25) is 0 Å². The zero-order chi connectivity index (χ0) is 11.9. The van der Waals surface area contributed by atoms with Gasteiger partial charge in [0.2, 0.25) is 0 Å². The molecule has 3 aromatic rings. The molecule has 4 rings (SSSR count). The van der Waals surface area contributed by atoms with Crippen LogP contribution in [-0.2, 0) is 0 Å². The average molecular weight is 250 g/mol. The maximum absolute atomic E-state index is 5.66. The van der Waals surface area contributed by atoms with Gasteiger partial charge in [0.05, 0.1) is 6.26 Å². The van der Waals surface area contributed by atoms with E-state index in [0.29, 0.717) is 0 Å². The summed E-state index contributed by atoms with van der Waals surface area (Å²) in [5, 5.41) is 9.20. The third kappa shape index (κ3) is 1.36. The van der Waals surface area contributed by atoms with Gasteiger partial charge < -0.3 is 4.42 Å². The van der Waals surface area contributed by atoms with Gasteiger partial charge in [-0.25, -0.2) is 0 Å². The molecular weight excluding hydrogens is 240 g/mol. The largest absolute Gasteiger partial charge is 0.464 e. The summed E-state index contributed by atoms with van der Waals surface area (Å²) in [4.78, 5) is 0. The van der Waals surface area contributed by atoms with Gasteiger partial charge in [0, 0.05) is 10.8 Å². The van der Waals surface area contributed by atoms with E-state index in [-0.39, 0.29) is 0 Å². The van der Waals surface area contributed by atoms with E-state index < -0.39 is 0 Å². The summed E-state index contributed by atoms with van der Waals surface area (Å²) in [6.07, 6.45) is 3.90. The summed E-state index contributed by atoms with van der Waals surface area (Å²) in [6, 6.07) is 12.6. The maximum Gasteiger partial charge on any atom is 0.141 e. The fourth-order valence-corrected chi connectivity index (χ4v) is 3.16. The van der Waals surface area contributed by atoms with Crippen molar-refractivity contribution in [2.45, 2.75) is 0 Å². The van der Waals surface area contributed by atoms with Crippen LogP contribution >= 0.6 is 11.8 Å². The second-order valence-electron chi connectivity index (χ2n) is 4.32. The Morgan fingerprint density at radius 3 is 3.00 bits per heavy atom. The van der Waals surface area contributed by atoms with E-state index in [9.17, 15) is 0 Å². The molecule has 1 aromatic heterocycles. The number of thioether (sulfide) groups is 1. The lowest BCUT2D eigenvalue weighted by Crippen LogP contribution is -2.03. The van der Waals surface area contributed by atoms with Gasteiger partial charge in [0.25, 0.3) is 0 Å². The Kier molecular flexibility index (Phi) is 2.11. The predicted octanol–water partition coefficient (Wildman–Crippen LogP) is 4.32. The molecule has 1 aliphatic rings. The summed E-state index contributed by atoms with van der Waals surface area (Å²) >= 11 is 1.72. The lowest BCUT2D eigenvalue weighted by molar-refractivity contribution is 0.608. The van der Waals surface area contributed by atoms with Crippen molar-refractivity contribution < 1.29 is 4.42 Å². The van der Waals surface area contributed by atoms with Gasteiger partial charge in [-0.1, -0.05) is 18.2 Å². The van der Waals surface area contributed by atoms with Crippen LogP contribution in [0.15, 0.2) is 52.5 Å². The molecule has 0 N–H and O–H groups in total. The van der Waals surface area contributed by atoms with E-state index in [2.05, 4.69) is 47.2 Å². The molecule has 0 amide bonds. The molecule has 86 valence electrons. The summed E-state index contributed by atoms with van der Waals surface area (Å²) in [5.74, 6) is 0. The van der Waals surface area contributed by atoms with E-state index in [4.69, 9.17) is 4.42 Å². The van der Waals surface area contributed by atoms with Crippen LogP contribution in [0.4, 0.5) is 0 Å². The molecule has 2 heteroatoms. The van der Waals surface area contributed by atoms with Crippen LogP contribution in [0.5, 0.6) is 0 Å². The van der Waals surface area contributed by atoms with E-state index in [1.165, 1.54) is 21.6 Å². The molecule has 0 saturated heterocycles. The molecule has 0 aliphatic carbocycles. The third-order valence-corrected chi connectivity index (χ3v) is 3.95. The SMILES string of the molecule is C1=Cc2cccc3c(cc4cccoc43)c2=CS1. The topological polar surface area (TPSA) is 13.1 Å². The molecular formula is C16H10OS. The van der Waals surface area contributed by atoms with Gasteiger partial charge in [-0.15, -0.1) is 11.8 Å². The van der Waals surface area contributed by atoms with Crippen molar-refractivity contribution in [3.63, 3.8) is 0 Å². The van der Waals surface area contributed by atoms with Crippen molar-refractivity contribution in [3.8, 4) is 0 Å². The van der Waals surface area contributed by atoms with Crippen molar-refractivity contribution in [3.05, 3.63) is 58.9 Å². The van der Waals surface area contributed by atoms with Gasteiger partial charge in [0.15, 0.2) is 0 Å². The Morgan fingerprint density at radius 1 is 1.00 bits per heavy atom. The van der Waals surface area contributed by atoms with Crippen LogP contribution in [0, 0.1) is 0 Å². The van der Waals surface area contributed by atoms with Gasteiger partial charge in [-0.2, -0.15) is 0 Å². The molecule has 0 saturated carbocycles. The fourth-order valence-electron chi connectivity index (χ4n) is 2.46. The number of hydrogen-bond donors (Lipinski definition) is 0. The highest BCUT2D eigenvalue weighted by atomic mass is 32.2. The first-order valence-electron chi connectivity index (χ1n) is 5.85. The smallest absolute Gasteiger partial charge is 0.141 e. The minimum atomic E-state index is 0.971. The van der Waals surface area contributed by atoms with E-state index >= 15 is 0 Å². The molecule has 18 heavy (non-hydrogen) atoms. The zero-order valence-corrected chi connectivity index (χ0v) is 10.4. The number of hydrogen-bond acceptors (Lipinski definition) is 2. The molecule has 0 bridgehead atoms. The average Bonchev–Trinajstić information content (AvgIpc) is 2.69. The Labute approximate surface area is 108 Å². The van der Waals surface area contributed by atoms with Crippen molar-refractivity contribution in [2.24, 2.45) is 0 Å². The number of rotatable bonds is 0. The normalized spacial score (nSPS) is 13.6. The van der Waals surface area contributed by atoms with E-state index in [0.717, 1.165) is 11.0 Å². The van der Waals surface area contributed by atoms with Gasteiger partial charge >= 0.3 is 0 Å². The Hall–Kier alpha value is -1.93.